The molecule has 1 unspecified atom stereocenters. The minimum absolute atomic E-state index is 0.142. The summed E-state index contributed by atoms with van der Waals surface area (Å²) in [5, 5.41) is 0. The smallest absolute Gasteiger partial charge is 0.240 e. The van der Waals surface area contributed by atoms with E-state index < -0.39 is 0 Å². The summed E-state index contributed by atoms with van der Waals surface area (Å²) < 4.78 is 0. The highest BCUT2D eigenvalue weighted by Crippen LogP contribution is 2.16. The average molecular weight is 261 g/mol. The van der Waals surface area contributed by atoms with E-state index in [1.54, 1.807) is 4.90 Å². The number of anilines is 1. The first kappa shape index (κ1) is 14.0. The molecule has 1 saturated heterocycles. The standard InChI is InChI=1S/C15H23N3O/c1-17(14-7-3-2-4-8-14)15(19)12-18-9-5-6-13(10-16)11-18/h2-4,7-8,13H,5-6,9-12,16H2,1H3. The second-order valence-corrected chi connectivity index (χ2v) is 5.27. The highest BCUT2D eigenvalue weighted by atomic mass is 16.2. The molecule has 1 atom stereocenters. The summed E-state index contributed by atoms with van der Waals surface area (Å²) >= 11 is 0. The maximum Gasteiger partial charge on any atom is 0.240 e. The van der Waals surface area contributed by atoms with Gasteiger partial charge in [0.1, 0.15) is 0 Å². The van der Waals surface area contributed by atoms with Crippen molar-refractivity contribution >= 4 is 11.6 Å². The Labute approximate surface area is 115 Å². The van der Waals surface area contributed by atoms with Gasteiger partial charge in [-0.2, -0.15) is 0 Å². The van der Waals surface area contributed by atoms with Crippen molar-refractivity contribution in [3.8, 4) is 0 Å². The van der Waals surface area contributed by atoms with Crippen LogP contribution in [0.4, 0.5) is 5.69 Å². The topological polar surface area (TPSA) is 49.6 Å². The minimum atomic E-state index is 0.142. The molecule has 19 heavy (non-hydrogen) atoms. The largest absolute Gasteiger partial charge is 0.330 e. The van der Waals surface area contributed by atoms with E-state index in [0.717, 1.165) is 31.7 Å². The van der Waals surface area contributed by atoms with Gasteiger partial charge < -0.3 is 10.6 Å². The van der Waals surface area contributed by atoms with Crippen molar-refractivity contribution in [1.29, 1.82) is 0 Å². The Kier molecular flexibility index (Phi) is 4.93. The number of piperidine rings is 1. The molecule has 1 amide bonds. The quantitative estimate of drug-likeness (QED) is 0.889. The molecule has 0 aromatic heterocycles. The van der Waals surface area contributed by atoms with Crippen LogP contribution in [0.1, 0.15) is 12.8 Å². The number of amides is 1. The van der Waals surface area contributed by atoms with Crippen molar-refractivity contribution in [2.45, 2.75) is 12.8 Å². The zero-order chi connectivity index (χ0) is 13.7. The van der Waals surface area contributed by atoms with Crippen LogP contribution < -0.4 is 10.6 Å². The molecular weight excluding hydrogens is 238 g/mol. The molecule has 0 bridgehead atoms. The van der Waals surface area contributed by atoms with Gasteiger partial charge in [0.25, 0.3) is 0 Å². The Morgan fingerprint density at radius 2 is 2.16 bits per heavy atom. The lowest BCUT2D eigenvalue weighted by molar-refractivity contribution is -0.119. The van der Waals surface area contributed by atoms with Crippen LogP contribution in [0.25, 0.3) is 0 Å². The van der Waals surface area contributed by atoms with E-state index in [9.17, 15) is 4.79 Å². The number of para-hydroxylation sites is 1. The Balaban J connectivity index is 1.90. The predicted molar refractivity (Wildman–Crippen MR) is 78.1 cm³/mol. The number of nitrogens with two attached hydrogens (primary N) is 1. The van der Waals surface area contributed by atoms with Gasteiger partial charge in [0.2, 0.25) is 5.91 Å². The van der Waals surface area contributed by atoms with Crippen LogP contribution in [0.15, 0.2) is 30.3 Å². The van der Waals surface area contributed by atoms with Crippen molar-refractivity contribution in [3.63, 3.8) is 0 Å². The van der Waals surface area contributed by atoms with Gasteiger partial charge in [-0.1, -0.05) is 18.2 Å². The fraction of sp³-hybridized carbons (Fsp3) is 0.533. The lowest BCUT2D eigenvalue weighted by Gasteiger charge is -2.32. The van der Waals surface area contributed by atoms with Crippen LogP contribution in [-0.2, 0) is 4.79 Å². The third kappa shape index (κ3) is 3.78. The Morgan fingerprint density at radius 1 is 1.42 bits per heavy atom. The average Bonchev–Trinajstić information content (AvgIpc) is 2.47. The summed E-state index contributed by atoms with van der Waals surface area (Å²) in [7, 11) is 1.84. The van der Waals surface area contributed by atoms with Crippen LogP contribution >= 0.6 is 0 Å². The van der Waals surface area contributed by atoms with E-state index >= 15 is 0 Å². The number of hydrogen-bond donors (Lipinski definition) is 1. The lowest BCUT2D eigenvalue weighted by atomic mass is 9.98. The fourth-order valence-corrected chi connectivity index (χ4v) is 2.58. The molecule has 0 radical (unpaired) electrons. The number of benzene rings is 1. The summed E-state index contributed by atoms with van der Waals surface area (Å²) in [6.45, 7) is 3.16. The van der Waals surface area contributed by atoms with Gasteiger partial charge in [-0.15, -0.1) is 0 Å². The van der Waals surface area contributed by atoms with Gasteiger partial charge in [0.05, 0.1) is 6.54 Å². The zero-order valence-electron chi connectivity index (χ0n) is 11.6. The molecule has 0 aliphatic carbocycles. The summed E-state index contributed by atoms with van der Waals surface area (Å²) in [6.07, 6.45) is 2.33. The molecule has 1 aliphatic rings. The normalized spacial score (nSPS) is 20.2. The van der Waals surface area contributed by atoms with Crippen LogP contribution in [0.3, 0.4) is 0 Å². The number of likely N-dealkylation sites (tertiary alicyclic amines) is 1. The molecule has 4 heteroatoms. The maximum atomic E-state index is 12.3. The number of rotatable bonds is 4. The van der Waals surface area contributed by atoms with Gasteiger partial charge >= 0.3 is 0 Å². The van der Waals surface area contributed by atoms with Crippen molar-refractivity contribution < 1.29 is 4.79 Å². The molecule has 2 rings (SSSR count). The first-order valence-electron chi connectivity index (χ1n) is 6.94. The van der Waals surface area contributed by atoms with Gasteiger partial charge in [-0.25, -0.2) is 0 Å². The van der Waals surface area contributed by atoms with Crippen LogP contribution in [0.2, 0.25) is 0 Å². The first-order valence-corrected chi connectivity index (χ1v) is 6.94. The monoisotopic (exact) mass is 261 g/mol. The van der Waals surface area contributed by atoms with Gasteiger partial charge in [-0.05, 0) is 44.0 Å². The molecule has 1 aromatic rings. The third-order valence-electron chi connectivity index (χ3n) is 3.81. The molecule has 2 N–H and O–H groups in total. The molecule has 1 aromatic carbocycles. The van der Waals surface area contributed by atoms with Crippen molar-refractivity contribution in [3.05, 3.63) is 30.3 Å². The minimum Gasteiger partial charge on any atom is -0.330 e. The van der Waals surface area contributed by atoms with Crippen molar-refractivity contribution in [2.24, 2.45) is 11.7 Å². The number of hydrogen-bond acceptors (Lipinski definition) is 3. The third-order valence-corrected chi connectivity index (χ3v) is 3.81. The predicted octanol–water partition coefficient (Wildman–Crippen LogP) is 1.32. The van der Waals surface area contributed by atoms with Crippen LogP contribution in [0, 0.1) is 5.92 Å². The van der Waals surface area contributed by atoms with E-state index in [4.69, 9.17) is 5.73 Å². The second kappa shape index (κ2) is 6.68. The first-order chi connectivity index (χ1) is 9.20. The summed E-state index contributed by atoms with van der Waals surface area (Å²) in [5.74, 6) is 0.687. The maximum absolute atomic E-state index is 12.3. The SMILES string of the molecule is CN(C(=O)CN1CCCC(CN)C1)c1ccccc1. The number of carbonyl (C=O) groups excluding carboxylic acids is 1. The molecular formula is C15H23N3O. The molecule has 1 aliphatic heterocycles. The van der Waals surface area contributed by atoms with Crippen molar-refractivity contribution in [1.82, 2.24) is 4.90 Å². The highest BCUT2D eigenvalue weighted by molar-refractivity contribution is 5.94. The van der Waals surface area contributed by atoms with Crippen molar-refractivity contribution in [2.75, 3.05) is 38.1 Å². The molecule has 104 valence electrons. The van der Waals surface area contributed by atoms with Gasteiger partial charge in [-0.3, -0.25) is 9.69 Å². The summed E-state index contributed by atoms with van der Waals surface area (Å²) in [4.78, 5) is 16.2. The highest BCUT2D eigenvalue weighted by Gasteiger charge is 2.22. The molecule has 0 spiro atoms. The Bertz CT molecular complexity index is 407. The van der Waals surface area contributed by atoms with E-state index in [-0.39, 0.29) is 5.91 Å². The van der Waals surface area contributed by atoms with E-state index in [1.165, 1.54) is 6.42 Å². The van der Waals surface area contributed by atoms with Gasteiger partial charge in [0.15, 0.2) is 0 Å². The van der Waals surface area contributed by atoms with Crippen LogP contribution in [0.5, 0.6) is 0 Å². The number of nitrogens with zero attached hydrogens (tertiary/aromatic N) is 2. The van der Waals surface area contributed by atoms with Crippen LogP contribution in [-0.4, -0.2) is 44.0 Å². The molecule has 1 heterocycles. The molecule has 1 fully saturated rings. The second-order valence-electron chi connectivity index (χ2n) is 5.27. The summed E-state index contributed by atoms with van der Waals surface area (Å²) in [6, 6.07) is 9.76. The Morgan fingerprint density at radius 3 is 2.84 bits per heavy atom. The van der Waals surface area contributed by atoms with Gasteiger partial charge in [0, 0.05) is 19.3 Å². The zero-order valence-corrected chi connectivity index (χ0v) is 11.6. The molecule has 4 nitrogen and oxygen atoms in total. The molecule has 0 saturated carbocycles. The summed E-state index contributed by atoms with van der Waals surface area (Å²) in [5.41, 5.74) is 6.67. The van der Waals surface area contributed by atoms with E-state index in [0.29, 0.717) is 12.5 Å². The van der Waals surface area contributed by atoms with E-state index in [1.807, 2.05) is 37.4 Å². The fourth-order valence-electron chi connectivity index (χ4n) is 2.58. The number of carbonyl (C=O) groups is 1. The lowest BCUT2D eigenvalue weighted by Crippen LogP contribution is -2.44. The number of likely N-dealkylation sites (N-methyl/N-ethyl adjacent to an activating group) is 1. The van der Waals surface area contributed by atoms with E-state index in [2.05, 4.69) is 4.90 Å². The Hall–Kier alpha value is -1.39.